The smallest absolute Gasteiger partial charge is 0.328 e. The molecule has 2 atom stereocenters. The molecule has 0 radical (unpaired) electrons. The van der Waals surface area contributed by atoms with Crippen molar-refractivity contribution >= 4 is 75.8 Å². The summed E-state index contributed by atoms with van der Waals surface area (Å²) in [5, 5.41) is 17.8. The molecule has 0 spiro atoms. The third-order valence-corrected chi connectivity index (χ3v) is 15.2. The first-order valence-electron chi connectivity index (χ1n) is 27.0. The van der Waals surface area contributed by atoms with Crippen LogP contribution in [-0.2, 0) is 35.3 Å². The number of hydrogen-bond donors (Lipinski definition) is 8. The number of thioether (sulfide) groups is 1. The fourth-order valence-electron chi connectivity index (χ4n) is 9.44. The van der Waals surface area contributed by atoms with Crippen LogP contribution in [0.1, 0.15) is 152 Å². The highest BCUT2D eigenvalue weighted by molar-refractivity contribution is 8.01. The normalized spacial score (nSPS) is 17.1. The quantitative estimate of drug-likeness (QED) is 0.0292. The highest BCUT2D eigenvalue weighted by atomic mass is 32.2. The predicted molar refractivity (Wildman–Crippen MR) is 290 cm³/mol. The second-order valence-corrected chi connectivity index (χ2v) is 21.0. The minimum Gasteiger partial charge on any atom is -0.382 e. The number of imidazole rings is 1. The number of rotatable bonds is 36. The predicted octanol–water partition coefficient (Wildman–Crippen LogP) is 4.61. The average Bonchev–Trinajstić information content (AvgIpc) is 3.85. The molecule has 1 aliphatic heterocycles. The van der Waals surface area contributed by atoms with Gasteiger partial charge in [-0.05, 0) is 121 Å². The molecule has 2 aromatic heterocycles. The number of amides is 5. The van der Waals surface area contributed by atoms with E-state index in [1.54, 1.807) is 38.2 Å². The summed E-state index contributed by atoms with van der Waals surface area (Å²) in [5.41, 5.74) is 7.72. The SMILES string of the molecule is CCCCNc1nc(N)c2[nH]c(=O)n(Cc3ccc(C(=O)NCC(=O)CCCCCCCCCNCCCNC(=O)C4CCC(CN5C(=O)CC(SCC(=O)NCCCCC(NC)C(C)=O)C5=O)CC4)cc3)c2n1. The Kier molecular flexibility index (Phi) is 25.5. The van der Waals surface area contributed by atoms with Gasteiger partial charge < -0.3 is 42.6 Å². The Labute approximate surface area is 439 Å². The van der Waals surface area contributed by atoms with Crippen LogP contribution in [0.15, 0.2) is 29.1 Å². The van der Waals surface area contributed by atoms with Gasteiger partial charge in [-0.15, -0.1) is 11.8 Å². The maximum atomic E-state index is 13.1. The number of benzene rings is 1. The number of hydrogen-bond acceptors (Lipinski definition) is 15. The van der Waals surface area contributed by atoms with E-state index < -0.39 is 5.25 Å². The Morgan fingerprint density at radius 1 is 0.811 bits per heavy atom. The molecule has 21 heteroatoms. The summed E-state index contributed by atoms with van der Waals surface area (Å²) in [5.74, 6) is 0.0326. The van der Waals surface area contributed by atoms with Crippen LogP contribution < -0.4 is 43.3 Å². The number of nitrogen functional groups attached to an aromatic ring is 1. The number of aromatic nitrogens is 4. The number of imide groups is 1. The molecule has 1 saturated heterocycles. The third-order valence-electron chi connectivity index (χ3n) is 14.0. The summed E-state index contributed by atoms with van der Waals surface area (Å²) >= 11 is 1.21. The number of carbonyl (C=O) groups is 7. The fraction of sp³-hybridized carbons (Fsp3) is 0.660. The Morgan fingerprint density at radius 2 is 1.50 bits per heavy atom. The molecule has 2 unspecified atom stereocenters. The summed E-state index contributed by atoms with van der Waals surface area (Å²) in [6, 6.07) is 6.72. The van der Waals surface area contributed by atoms with Crippen molar-refractivity contribution in [1.82, 2.24) is 51.0 Å². The molecule has 1 aliphatic carbocycles. The van der Waals surface area contributed by atoms with Crippen molar-refractivity contribution in [2.24, 2.45) is 11.8 Å². The van der Waals surface area contributed by atoms with Crippen LogP contribution in [0.5, 0.6) is 0 Å². The number of nitrogens with two attached hydrogens (primary N) is 1. The van der Waals surface area contributed by atoms with Gasteiger partial charge in [0.25, 0.3) is 5.91 Å². The standard InChI is InChI=1S/C53H82N12O8S/c1-4-5-28-59-52-62-47(54)46-48(63-52)65(53(73)61-46)34-38-20-24-40(25-21-38)50(71)60-32-41(67)16-11-9-7-6-8-10-13-26-56-27-15-30-58-49(70)39-22-18-37(19-23-39)33-64-45(69)31-43(51(64)72)74-35-44(68)57-29-14-12-17-42(55-3)36(2)66/h20-21,24-25,37,39,42-43,55-56H,4-19,22-23,26-35H2,1-3H3,(H,57,68)(H,58,70)(H,60,71)(H,61,73)(H3,54,59,62,63). The zero-order valence-electron chi connectivity index (χ0n) is 44.0. The van der Waals surface area contributed by atoms with E-state index in [2.05, 4.69) is 53.8 Å². The summed E-state index contributed by atoms with van der Waals surface area (Å²) in [7, 11) is 1.76. The molecule has 74 heavy (non-hydrogen) atoms. The number of nitrogens with zero attached hydrogens (tertiary/aromatic N) is 4. The van der Waals surface area contributed by atoms with Crippen LogP contribution in [-0.4, -0.2) is 135 Å². The summed E-state index contributed by atoms with van der Waals surface area (Å²) < 4.78 is 1.48. The molecule has 5 rings (SSSR count). The first kappa shape index (κ1) is 59.2. The van der Waals surface area contributed by atoms with Crippen LogP contribution in [0.25, 0.3) is 11.2 Å². The highest BCUT2D eigenvalue weighted by Gasteiger charge is 2.40. The Balaban J connectivity index is 0.812. The van der Waals surface area contributed by atoms with Gasteiger partial charge in [-0.3, -0.25) is 43.0 Å². The first-order chi connectivity index (χ1) is 35.8. The van der Waals surface area contributed by atoms with E-state index in [0.29, 0.717) is 61.7 Å². The molecule has 3 heterocycles. The number of aromatic amines is 1. The number of carbonyl (C=O) groups excluding carboxylic acids is 7. The van der Waals surface area contributed by atoms with Crippen LogP contribution in [0, 0.1) is 11.8 Å². The first-order valence-corrected chi connectivity index (χ1v) is 28.1. The summed E-state index contributed by atoms with van der Waals surface area (Å²) in [6.45, 7) is 7.79. The Hall–Kier alpha value is -5.67. The number of ketones is 2. The lowest BCUT2D eigenvalue weighted by Crippen LogP contribution is -2.39. The number of Topliss-reactive ketones (excluding diaryl/α,β-unsaturated/α-hetero) is 2. The van der Waals surface area contributed by atoms with E-state index in [9.17, 15) is 38.4 Å². The molecular formula is C53H82N12O8S. The maximum absolute atomic E-state index is 13.1. The number of unbranched alkanes of at least 4 members (excludes halogenated alkanes) is 8. The molecule has 2 fully saturated rings. The van der Waals surface area contributed by atoms with E-state index in [1.807, 2.05) is 0 Å². The van der Waals surface area contributed by atoms with Gasteiger partial charge in [-0.25, -0.2) is 4.79 Å². The number of anilines is 2. The van der Waals surface area contributed by atoms with Crippen LogP contribution in [0.4, 0.5) is 11.8 Å². The maximum Gasteiger partial charge on any atom is 0.328 e. The van der Waals surface area contributed by atoms with Crippen molar-refractivity contribution in [2.45, 2.75) is 154 Å². The van der Waals surface area contributed by atoms with E-state index in [1.165, 1.54) is 21.2 Å². The minimum absolute atomic E-state index is 0.000647. The average molecular weight is 1050 g/mol. The van der Waals surface area contributed by atoms with Crippen molar-refractivity contribution < 1.29 is 33.6 Å². The molecule has 2 aliphatic rings. The highest BCUT2D eigenvalue weighted by Crippen LogP contribution is 2.32. The van der Waals surface area contributed by atoms with E-state index in [0.717, 1.165) is 121 Å². The Bertz CT molecular complexity index is 2370. The van der Waals surface area contributed by atoms with Gasteiger partial charge in [0.05, 0.1) is 30.1 Å². The number of nitrogens with one attached hydrogen (secondary N) is 7. The van der Waals surface area contributed by atoms with Crippen molar-refractivity contribution in [3.8, 4) is 0 Å². The molecule has 1 aromatic carbocycles. The van der Waals surface area contributed by atoms with Crippen molar-refractivity contribution in [3.63, 3.8) is 0 Å². The third kappa shape index (κ3) is 19.6. The van der Waals surface area contributed by atoms with E-state index in [4.69, 9.17) is 5.73 Å². The lowest BCUT2D eigenvalue weighted by Gasteiger charge is -2.30. The van der Waals surface area contributed by atoms with Crippen molar-refractivity contribution in [3.05, 3.63) is 45.9 Å². The van der Waals surface area contributed by atoms with Crippen molar-refractivity contribution in [2.75, 3.05) is 69.7 Å². The molecule has 5 amide bonds. The van der Waals surface area contributed by atoms with Crippen LogP contribution >= 0.6 is 11.8 Å². The largest absolute Gasteiger partial charge is 0.382 e. The zero-order chi connectivity index (χ0) is 53.2. The van der Waals surface area contributed by atoms with Gasteiger partial charge in [0.2, 0.25) is 29.6 Å². The lowest BCUT2D eigenvalue weighted by atomic mass is 9.81. The van der Waals surface area contributed by atoms with E-state index >= 15 is 0 Å². The molecule has 3 aromatic rings. The van der Waals surface area contributed by atoms with Gasteiger partial charge >= 0.3 is 5.69 Å². The van der Waals surface area contributed by atoms with Gasteiger partial charge in [-0.1, -0.05) is 57.6 Å². The topological polar surface area (TPSA) is 284 Å². The molecular weight excluding hydrogens is 965 g/mol. The molecule has 408 valence electrons. The molecule has 20 nitrogen and oxygen atoms in total. The van der Waals surface area contributed by atoms with Crippen LogP contribution in [0.2, 0.25) is 0 Å². The number of H-pyrrole nitrogens is 1. The molecule has 9 N–H and O–H groups in total. The number of fused-ring (bicyclic) bond motifs is 1. The fourth-order valence-corrected chi connectivity index (χ4v) is 10.4. The van der Waals surface area contributed by atoms with Gasteiger partial charge in [-0.2, -0.15) is 9.97 Å². The van der Waals surface area contributed by atoms with E-state index in [-0.39, 0.29) is 95.8 Å². The van der Waals surface area contributed by atoms with Gasteiger partial charge in [0, 0.05) is 50.5 Å². The molecule has 0 bridgehead atoms. The second-order valence-electron chi connectivity index (χ2n) is 19.8. The number of likely N-dealkylation sites (tertiary alicyclic amines) is 1. The van der Waals surface area contributed by atoms with Crippen LogP contribution in [0.3, 0.4) is 0 Å². The summed E-state index contributed by atoms with van der Waals surface area (Å²) in [6.07, 6.45) is 15.9. The Morgan fingerprint density at radius 3 is 2.22 bits per heavy atom. The minimum atomic E-state index is -0.548. The lowest BCUT2D eigenvalue weighted by molar-refractivity contribution is -0.139. The molecule has 1 saturated carbocycles. The van der Waals surface area contributed by atoms with Crippen molar-refractivity contribution in [1.29, 1.82) is 0 Å². The van der Waals surface area contributed by atoms with Gasteiger partial charge in [0.15, 0.2) is 17.2 Å². The van der Waals surface area contributed by atoms with Gasteiger partial charge in [0.1, 0.15) is 11.3 Å². The zero-order valence-corrected chi connectivity index (χ0v) is 44.8. The monoisotopic (exact) mass is 1050 g/mol. The number of likely N-dealkylation sites (N-methyl/N-ethyl adjacent to an activating group) is 1. The second kappa shape index (κ2) is 31.9. The summed E-state index contributed by atoms with van der Waals surface area (Å²) in [4.78, 5) is 114.